The maximum absolute atomic E-state index is 12.6. The van der Waals surface area contributed by atoms with E-state index in [0.717, 1.165) is 4.90 Å². The Morgan fingerprint density at radius 1 is 1.17 bits per heavy atom. The Hall–Kier alpha value is -2.41. The van der Waals surface area contributed by atoms with Crippen LogP contribution >= 0.6 is 0 Å². The summed E-state index contributed by atoms with van der Waals surface area (Å²) in [7, 11) is 0. The van der Waals surface area contributed by atoms with E-state index in [1.54, 1.807) is 17.0 Å². The number of aromatic hydroxyl groups is 1. The molecule has 23 heavy (non-hydrogen) atoms. The Morgan fingerprint density at radius 2 is 1.87 bits per heavy atom. The molecule has 0 radical (unpaired) electrons. The molecule has 0 aromatic heterocycles. The van der Waals surface area contributed by atoms with Gasteiger partial charge in [0, 0.05) is 39.2 Å². The number of piperazine rings is 1. The van der Waals surface area contributed by atoms with Crippen molar-refractivity contribution in [3.63, 3.8) is 0 Å². The molecule has 0 saturated carbocycles. The second kappa shape index (κ2) is 6.00. The van der Waals surface area contributed by atoms with Crippen LogP contribution < -0.4 is 4.90 Å². The molecule has 3 amide bonds. The summed E-state index contributed by atoms with van der Waals surface area (Å²) in [5, 5.41) is 9.54. The lowest BCUT2D eigenvalue weighted by Crippen LogP contribution is -2.53. The zero-order valence-electron chi connectivity index (χ0n) is 12.9. The monoisotopic (exact) mass is 317 g/mol. The van der Waals surface area contributed by atoms with Gasteiger partial charge in [-0.05, 0) is 12.1 Å². The average Bonchev–Trinajstić information content (AvgIpc) is 2.82. The lowest BCUT2D eigenvalue weighted by molar-refractivity contribution is -0.131. The van der Waals surface area contributed by atoms with Crippen LogP contribution in [-0.2, 0) is 14.4 Å². The SMILES string of the molecule is CC(=O)N1CCN(C2CC(=O)N(c3cccc(O)c3)C2=O)CC1. The highest BCUT2D eigenvalue weighted by atomic mass is 16.3. The highest BCUT2D eigenvalue weighted by molar-refractivity contribution is 6.22. The third-order valence-electron chi connectivity index (χ3n) is 4.41. The van der Waals surface area contributed by atoms with Gasteiger partial charge in [-0.2, -0.15) is 0 Å². The van der Waals surface area contributed by atoms with Crippen molar-refractivity contribution in [2.75, 3.05) is 31.1 Å². The first-order chi connectivity index (χ1) is 11.0. The Balaban J connectivity index is 1.73. The predicted octanol–water partition coefficient (Wildman–Crippen LogP) is 0.188. The van der Waals surface area contributed by atoms with Crippen molar-refractivity contribution < 1.29 is 19.5 Å². The van der Waals surface area contributed by atoms with Crippen LogP contribution in [0.15, 0.2) is 24.3 Å². The van der Waals surface area contributed by atoms with E-state index in [0.29, 0.717) is 31.9 Å². The topological polar surface area (TPSA) is 81.2 Å². The summed E-state index contributed by atoms with van der Waals surface area (Å²) in [5.74, 6) is -0.488. The molecule has 122 valence electrons. The van der Waals surface area contributed by atoms with E-state index in [9.17, 15) is 19.5 Å². The normalized spacial score (nSPS) is 22.7. The molecule has 0 spiro atoms. The number of hydrogen-bond acceptors (Lipinski definition) is 5. The van der Waals surface area contributed by atoms with Crippen molar-refractivity contribution in [1.82, 2.24) is 9.80 Å². The van der Waals surface area contributed by atoms with Crippen LogP contribution in [-0.4, -0.2) is 64.8 Å². The maximum Gasteiger partial charge on any atom is 0.251 e. The lowest BCUT2D eigenvalue weighted by atomic mass is 10.1. The molecule has 0 bridgehead atoms. The number of imide groups is 1. The number of phenolic OH excluding ortho intramolecular Hbond substituents is 1. The Kier molecular flexibility index (Phi) is 4.04. The lowest BCUT2D eigenvalue weighted by Gasteiger charge is -2.36. The third kappa shape index (κ3) is 2.92. The molecule has 1 aromatic rings. The molecular formula is C16H19N3O4. The van der Waals surface area contributed by atoms with Gasteiger partial charge in [-0.25, -0.2) is 4.90 Å². The van der Waals surface area contributed by atoms with Gasteiger partial charge in [-0.1, -0.05) is 6.07 Å². The zero-order chi connectivity index (χ0) is 16.6. The van der Waals surface area contributed by atoms with Gasteiger partial charge in [0.05, 0.1) is 18.2 Å². The Morgan fingerprint density at radius 3 is 2.48 bits per heavy atom. The van der Waals surface area contributed by atoms with Gasteiger partial charge in [0.1, 0.15) is 5.75 Å². The number of nitrogens with zero attached hydrogens (tertiary/aromatic N) is 3. The summed E-state index contributed by atoms with van der Waals surface area (Å²) < 4.78 is 0. The van der Waals surface area contributed by atoms with E-state index in [-0.39, 0.29) is 29.9 Å². The van der Waals surface area contributed by atoms with Crippen LogP contribution in [0.25, 0.3) is 0 Å². The summed E-state index contributed by atoms with van der Waals surface area (Å²) in [6, 6.07) is 5.65. The predicted molar refractivity (Wildman–Crippen MR) is 82.8 cm³/mol. The molecule has 0 aliphatic carbocycles. The first-order valence-electron chi connectivity index (χ1n) is 7.63. The van der Waals surface area contributed by atoms with Crippen LogP contribution in [0.3, 0.4) is 0 Å². The first kappa shape index (κ1) is 15.5. The van der Waals surface area contributed by atoms with Gasteiger partial charge in [-0.15, -0.1) is 0 Å². The maximum atomic E-state index is 12.6. The molecule has 7 nitrogen and oxygen atoms in total. The summed E-state index contributed by atoms with van der Waals surface area (Å²) in [4.78, 5) is 41.1. The second-order valence-electron chi connectivity index (χ2n) is 5.85. The molecule has 7 heteroatoms. The molecule has 2 heterocycles. The van der Waals surface area contributed by atoms with Gasteiger partial charge in [-0.3, -0.25) is 19.3 Å². The standard InChI is InChI=1S/C16H19N3O4/c1-11(20)17-5-7-18(8-6-17)14-10-15(22)19(16(14)23)12-3-2-4-13(21)9-12/h2-4,9,14,21H,5-8,10H2,1H3. The van der Waals surface area contributed by atoms with E-state index < -0.39 is 6.04 Å². The van der Waals surface area contributed by atoms with E-state index in [2.05, 4.69) is 0 Å². The van der Waals surface area contributed by atoms with Gasteiger partial charge in [0.2, 0.25) is 11.8 Å². The van der Waals surface area contributed by atoms with Crippen molar-refractivity contribution in [2.24, 2.45) is 0 Å². The summed E-state index contributed by atoms with van der Waals surface area (Å²) in [6.45, 7) is 3.83. The zero-order valence-corrected chi connectivity index (χ0v) is 12.9. The highest BCUT2D eigenvalue weighted by Gasteiger charge is 2.43. The summed E-state index contributed by atoms with van der Waals surface area (Å²) in [6.07, 6.45) is 0.133. The van der Waals surface area contributed by atoms with E-state index in [4.69, 9.17) is 0 Å². The fourth-order valence-corrected chi connectivity index (χ4v) is 3.15. The smallest absolute Gasteiger partial charge is 0.251 e. The minimum atomic E-state index is -0.487. The number of benzene rings is 1. The van der Waals surface area contributed by atoms with Gasteiger partial charge in [0.15, 0.2) is 0 Å². The average molecular weight is 317 g/mol. The summed E-state index contributed by atoms with van der Waals surface area (Å²) >= 11 is 0. The van der Waals surface area contributed by atoms with Crippen LogP contribution in [0, 0.1) is 0 Å². The Labute approximate surface area is 134 Å². The van der Waals surface area contributed by atoms with Gasteiger partial charge in [0.25, 0.3) is 5.91 Å². The second-order valence-corrected chi connectivity index (χ2v) is 5.85. The molecule has 2 fully saturated rings. The molecule has 2 aliphatic heterocycles. The fraction of sp³-hybridized carbons (Fsp3) is 0.438. The van der Waals surface area contributed by atoms with Crippen molar-refractivity contribution in [2.45, 2.75) is 19.4 Å². The molecule has 1 N–H and O–H groups in total. The fourth-order valence-electron chi connectivity index (χ4n) is 3.15. The quantitative estimate of drug-likeness (QED) is 0.788. The number of hydrogen-bond donors (Lipinski definition) is 1. The van der Waals surface area contributed by atoms with E-state index in [1.165, 1.54) is 19.1 Å². The number of carbonyl (C=O) groups excluding carboxylic acids is 3. The highest BCUT2D eigenvalue weighted by Crippen LogP contribution is 2.28. The number of carbonyl (C=O) groups is 3. The first-order valence-corrected chi connectivity index (χ1v) is 7.63. The number of anilines is 1. The minimum Gasteiger partial charge on any atom is -0.508 e. The van der Waals surface area contributed by atoms with Gasteiger partial charge >= 0.3 is 0 Å². The largest absolute Gasteiger partial charge is 0.508 e. The summed E-state index contributed by atoms with van der Waals surface area (Å²) in [5.41, 5.74) is 0.393. The van der Waals surface area contributed by atoms with E-state index >= 15 is 0 Å². The molecule has 1 aromatic carbocycles. The van der Waals surface area contributed by atoms with Crippen LogP contribution in [0.2, 0.25) is 0 Å². The third-order valence-corrected chi connectivity index (χ3v) is 4.41. The molecule has 3 rings (SSSR count). The van der Waals surface area contributed by atoms with Gasteiger partial charge < -0.3 is 10.0 Å². The van der Waals surface area contributed by atoms with Crippen LogP contribution in [0.1, 0.15) is 13.3 Å². The van der Waals surface area contributed by atoms with Crippen LogP contribution in [0.5, 0.6) is 5.75 Å². The molecule has 1 atom stereocenters. The van der Waals surface area contributed by atoms with E-state index in [1.807, 2.05) is 4.90 Å². The van der Waals surface area contributed by atoms with Crippen LogP contribution in [0.4, 0.5) is 5.69 Å². The van der Waals surface area contributed by atoms with Crippen molar-refractivity contribution in [3.8, 4) is 5.75 Å². The molecular weight excluding hydrogens is 298 g/mol. The Bertz CT molecular complexity index is 652. The van der Waals surface area contributed by atoms with Crippen molar-refractivity contribution >= 4 is 23.4 Å². The molecule has 2 aliphatic rings. The molecule has 2 saturated heterocycles. The number of amides is 3. The van der Waals surface area contributed by atoms with Crippen molar-refractivity contribution in [3.05, 3.63) is 24.3 Å². The minimum absolute atomic E-state index is 0.0154. The number of phenols is 1. The number of rotatable bonds is 2. The van der Waals surface area contributed by atoms with Crippen molar-refractivity contribution in [1.29, 1.82) is 0 Å². The molecule has 1 unspecified atom stereocenters.